The third-order valence-corrected chi connectivity index (χ3v) is 2.16. The molecule has 4 heteroatoms. The minimum atomic E-state index is 0. The van der Waals surface area contributed by atoms with Gasteiger partial charge in [-0.15, -0.1) is 0 Å². The van der Waals surface area contributed by atoms with Crippen LogP contribution in [0.25, 0.3) is 0 Å². The number of rotatable bonds is 2. The van der Waals surface area contributed by atoms with E-state index in [4.69, 9.17) is 11.6 Å². The average Bonchev–Trinajstić information content (AvgIpc) is 2.00. The Hall–Kier alpha value is 0.0500. The minimum Gasteiger partial charge on any atom is -1.00 e. The molecule has 0 N–H and O–H groups in total. The molecule has 0 aromatic carbocycles. The van der Waals surface area contributed by atoms with Gasteiger partial charge in [0.15, 0.2) is 0 Å². The summed E-state index contributed by atoms with van der Waals surface area (Å²) in [4.78, 5) is 2.01. The highest BCUT2D eigenvalue weighted by atomic mass is 35.5. The molecule has 0 rings (SSSR count). The predicted molar refractivity (Wildman–Crippen MR) is 45.9 cm³/mol. The maximum atomic E-state index is 5.95. The molecule has 0 bridgehead atoms. The van der Waals surface area contributed by atoms with Gasteiger partial charge < -0.3 is 12.4 Å². The number of hydrogen-bond acceptors (Lipinski definition) is 0. The Kier molecular flexibility index (Phi) is 8.35. The molecule has 0 saturated heterocycles. The SMILES string of the molecule is CCN(C)C(Cl)=[N+](C)CC.[Cl-]. The van der Waals surface area contributed by atoms with Gasteiger partial charge in [0.05, 0.1) is 27.2 Å². The van der Waals surface area contributed by atoms with Gasteiger partial charge in [0.25, 0.3) is 0 Å². The third-order valence-electron chi connectivity index (χ3n) is 1.58. The van der Waals surface area contributed by atoms with Crippen molar-refractivity contribution in [1.29, 1.82) is 0 Å². The maximum Gasteiger partial charge on any atom is 0.344 e. The van der Waals surface area contributed by atoms with Gasteiger partial charge in [0.1, 0.15) is 0 Å². The number of nitrogens with zero attached hydrogens (tertiary/aromatic N) is 2. The lowest BCUT2D eigenvalue weighted by atomic mass is 10.6. The van der Waals surface area contributed by atoms with Crippen molar-refractivity contribution in [3.8, 4) is 0 Å². The molecule has 0 atom stereocenters. The first-order chi connectivity index (χ1) is 4.63. The lowest BCUT2D eigenvalue weighted by Crippen LogP contribution is -3.00. The first kappa shape index (κ1) is 13.6. The van der Waals surface area contributed by atoms with Crippen LogP contribution in [0, 0.1) is 0 Å². The number of hydrogen-bond donors (Lipinski definition) is 0. The summed E-state index contributed by atoms with van der Waals surface area (Å²) in [6.45, 7) is 6.05. The highest BCUT2D eigenvalue weighted by Crippen LogP contribution is 1.91. The Morgan fingerprint density at radius 2 is 1.91 bits per heavy atom. The van der Waals surface area contributed by atoms with Gasteiger partial charge >= 0.3 is 5.29 Å². The zero-order valence-electron chi connectivity index (χ0n) is 7.56. The summed E-state index contributed by atoms with van der Waals surface area (Å²) < 4.78 is 2.01. The summed E-state index contributed by atoms with van der Waals surface area (Å²) >= 11 is 5.95. The van der Waals surface area contributed by atoms with Crippen molar-refractivity contribution in [2.45, 2.75) is 13.8 Å². The van der Waals surface area contributed by atoms with Crippen LogP contribution in [0.15, 0.2) is 0 Å². The number of amidine groups is 1. The highest BCUT2D eigenvalue weighted by Gasteiger charge is 2.09. The van der Waals surface area contributed by atoms with Gasteiger partial charge in [-0.2, -0.15) is 0 Å². The lowest BCUT2D eigenvalue weighted by molar-refractivity contribution is -0.495. The molecule has 2 nitrogen and oxygen atoms in total. The molecule has 11 heavy (non-hydrogen) atoms. The monoisotopic (exact) mass is 198 g/mol. The number of halogens is 2. The van der Waals surface area contributed by atoms with E-state index in [0.717, 1.165) is 18.4 Å². The van der Waals surface area contributed by atoms with Crippen molar-refractivity contribution in [3.05, 3.63) is 0 Å². The molecule has 0 aliphatic carbocycles. The maximum absolute atomic E-state index is 5.95. The van der Waals surface area contributed by atoms with Gasteiger partial charge in [-0.25, -0.2) is 0 Å². The Balaban J connectivity index is 0. The summed E-state index contributed by atoms with van der Waals surface area (Å²) in [6, 6.07) is 0. The molecule has 0 unspecified atom stereocenters. The van der Waals surface area contributed by atoms with E-state index in [-0.39, 0.29) is 12.4 Å². The smallest absolute Gasteiger partial charge is 0.344 e. The van der Waals surface area contributed by atoms with Gasteiger partial charge in [0, 0.05) is 11.6 Å². The van der Waals surface area contributed by atoms with Gasteiger partial charge in [-0.3, -0.25) is 9.48 Å². The van der Waals surface area contributed by atoms with Crippen LogP contribution in [-0.2, 0) is 0 Å². The lowest BCUT2D eigenvalue weighted by Gasteiger charge is -2.08. The van der Waals surface area contributed by atoms with E-state index < -0.39 is 0 Å². The second-order valence-electron chi connectivity index (χ2n) is 2.30. The summed E-state index contributed by atoms with van der Waals surface area (Å²) in [7, 11) is 3.96. The van der Waals surface area contributed by atoms with E-state index in [1.165, 1.54) is 0 Å². The molecule has 0 heterocycles. The minimum absolute atomic E-state index is 0. The van der Waals surface area contributed by atoms with Gasteiger partial charge in [-0.05, 0) is 13.8 Å². The summed E-state index contributed by atoms with van der Waals surface area (Å²) in [5.74, 6) is 0. The fraction of sp³-hybridized carbons (Fsp3) is 0.857. The Morgan fingerprint density at radius 3 is 2.18 bits per heavy atom. The Bertz CT molecular complexity index is 134. The fourth-order valence-corrected chi connectivity index (χ4v) is 0.791. The van der Waals surface area contributed by atoms with Crippen LogP contribution in [-0.4, -0.2) is 42.0 Å². The normalized spacial score (nSPS) is 11.7. The Labute approximate surface area is 80.3 Å². The first-order valence-corrected chi connectivity index (χ1v) is 3.96. The molecule has 0 saturated carbocycles. The second-order valence-corrected chi connectivity index (χ2v) is 2.64. The van der Waals surface area contributed by atoms with E-state index in [9.17, 15) is 0 Å². The molecule has 0 aliphatic heterocycles. The van der Waals surface area contributed by atoms with Crippen molar-refractivity contribution < 1.29 is 17.0 Å². The standard InChI is InChI=1S/C7H16ClN2.ClH/c1-5-9(3)7(8)10(4)6-2;/h5-6H2,1-4H3;1H/q+1;/p-1. The summed E-state index contributed by atoms with van der Waals surface area (Å²) in [5.41, 5.74) is 0. The Morgan fingerprint density at radius 1 is 1.45 bits per heavy atom. The quantitative estimate of drug-likeness (QED) is 0.220. The van der Waals surface area contributed by atoms with Gasteiger partial charge in [0.2, 0.25) is 0 Å². The van der Waals surface area contributed by atoms with Crippen LogP contribution in [0.5, 0.6) is 0 Å². The predicted octanol–water partition coefficient (Wildman–Crippen LogP) is -1.80. The van der Waals surface area contributed by atoms with Crippen molar-refractivity contribution in [3.63, 3.8) is 0 Å². The molecule has 0 spiro atoms. The van der Waals surface area contributed by atoms with Crippen molar-refractivity contribution in [1.82, 2.24) is 4.90 Å². The largest absolute Gasteiger partial charge is 1.00 e. The van der Waals surface area contributed by atoms with E-state index in [0.29, 0.717) is 0 Å². The zero-order chi connectivity index (χ0) is 8.15. The average molecular weight is 199 g/mol. The van der Waals surface area contributed by atoms with Crippen molar-refractivity contribution in [2.75, 3.05) is 27.2 Å². The van der Waals surface area contributed by atoms with E-state index in [1.54, 1.807) is 0 Å². The summed E-state index contributed by atoms with van der Waals surface area (Å²) in [5, 5.41) is 0.810. The van der Waals surface area contributed by atoms with Crippen LogP contribution in [0.2, 0.25) is 0 Å². The second kappa shape index (κ2) is 6.74. The molecular formula is C7H16Cl2N2. The van der Waals surface area contributed by atoms with E-state index >= 15 is 0 Å². The molecule has 0 radical (unpaired) electrons. The molecule has 0 fully saturated rings. The zero-order valence-corrected chi connectivity index (χ0v) is 9.08. The highest BCUT2D eigenvalue weighted by molar-refractivity contribution is 6.63. The molecule has 68 valence electrons. The van der Waals surface area contributed by atoms with Crippen LogP contribution in [0.3, 0.4) is 0 Å². The van der Waals surface area contributed by atoms with Crippen LogP contribution < -0.4 is 12.4 Å². The van der Waals surface area contributed by atoms with Crippen molar-refractivity contribution in [2.24, 2.45) is 0 Å². The molecule has 0 amide bonds. The van der Waals surface area contributed by atoms with Crippen molar-refractivity contribution >= 4 is 16.9 Å². The fourth-order valence-electron chi connectivity index (χ4n) is 0.552. The molecule has 0 aromatic heterocycles. The third kappa shape index (κ3) is 4.49. The molecule has 0 aliphatic rings. The van der Waals surface area contributed by atoms with E-state index in [1.807, 2.05) is 23.6 Å². The molecule has 0 aromatic rings. The van der Waals surface area contributed by atoms with Crippen LogP contribution in [0.4, 0.5) is 0 Å². The molecular weight excluding hydrogens is 183 g/mol. The first-order valence-electron chi connectivity index (χ1n) is 3.58. The van der Waals surface area contributed by atoms with Crippen LogP contribution >= 0.6 is 11.6 Å². The van der Waals surface area contributed by atoms with Gasteiger partial charge in [-0.1, -0.05) is 0 Å². The summed E-state index contributed by atoms with van der Waals surface area (Å²) in [6.07, 6.45) is 0. The van der Waals surface area contributed by atoms with E-state index in [2.05, 4.69) is 13.8 Å². The topological polar surface area (TPSA) is 6.25 Å². The van der Waals surface area contributed by atoms with Crippen LogP contribution in [0.1, 0.15) is 13.8 Å².